The lowest BCUT2D eigenvalue weighted by atomic mass is 10.2. The number of hydrogen-bond acceptors (Lipinski definition) is 6. The largest absolute Gasteiger partial charge is 0.370 e. The van der Waals surface area contributed by atoms with E-state index in [-0.39, 0.29) is 6.10 Å². The fourth-order valence-electron chi connectivity index (χ4n) is 1.44. The summed E-state index contributed by atoms with van der Waals surface area (Å²) in [4.78, 5) is 6.36. The van der Waals surface area contributed by atoms with Crippen LogP contribution < -0.4 is 5.73 Å². The van der Waals surface area contributed by atoms with Gasteiger partial charge in [0.05, 0.1) is 6.54 Å². The second-order valence-electron chi connectivity index (χ2n) is 4.94. The summed E-state index contributed by atoms with van der Waals surface area (Å²) in [6, 6.07) is 0. The van der Waals surface area contributed by atoms with Gasteiger partial charge < -0.3 is 15.0 Å². The van der Waals surface area contributed by atoms with Crippen molar-refractivity contribution in [3.63, 3.8) is 0 Å². The number of rotatable bonds is 8. The van der Waals surface area contributed by atoms with Crippen molar-refractivity contribution >= 4 is 0 Å². The molecule has 0 spiro atoms. The molecule has 0 aromatic carbocycles. The lowest BCUT2D eigenvalue weighted by molar-refractivity contribution is 0.0402. The van der Waals surface area contributed by atoms with E-state index in [0.717, 1.165) is 6.54 Å². The number of nitrogens with two attached hydrogens (primary N) is 1. The van der Waals surface area contributed by atoms with Gasteiger partial charge in [0.15, 0.2) is 5.82 Å². The van der Waals surface area contributed by atoms with Crippen LogP contribution in [0.5, 0.6) is 0 Å². The summed E-state index contributed by atoms with van der Waals surface area (Å²) in [5, 5.41) is 3.94. The average Bonchev–Trinajstić information content (AvgIpc) is 2.74. The second-order valence-corrected chi connectivity index (χ2v) is 4.94. The first-order chi connectivity index (χ1) is 8.52. The van der Waals surface area contributed by atoms with Gasteiger partial charge in [-0.05, 0) is 19.9 Å². The fraction of sp³-hybridized carbons (Fsp3) is 0.833. The van der Waals surface area contributed by atoms with E-state index in [1.54, 1.807) is 0 Å². The van der Waals surface area contributed by atoms with Crippen LogP contribution in [0.15, 0.2) is 4.52 Å². The Morgan fingerprint density at radius 2 is 2.11 bits per heavy atom. The molecule has 6 heteroatoms. The molecule has 0 aliphatic heterocycles. The standard InChI is InChI=1S/C12H24N4O2/c1-9(2)8-17-10(3)12-14-11(18-15-12)7-16(4)6-5-13/h9-10H,5-8,13H2,1-4H3. The van der Waals surface area contributed by atoms with Crippen molar-refractivity contribution < 1.29 is 9.26 Å². The summed E-state index contributed by atoms with van der Waals surface area (Å²) in [7, 11) is 1.97. The highest BCUT2D eigenvalue weighted by atomic mass is 16.5. The van der Waals surface area contributed by atoms with Gasteiger partial charge in [0.2, 0.25) is 5.89 Å². The van der Waals surface area contributed by atoms with Crippen molar-refractivity contribution in [3.05, 3.63) is 11.7 Å². The summed E-state index contributed by atoms with van der Waals surface area (Å²) in [5.41, 5.74) is 5.48. The van der Waals surface area contributed by atoms with Crippen molar-refractivity contribution in [2.24, 2.45) is 11.7 Å². The Hall–Kier alpha value is -0.980. The topological polar surface area (TPSA) is 77.4 Å². The van der Waals surface area contributed by atoms with Gasteiger partial charge in [0.25, 0.3) is 0 Å². The van der Waals surface area contributed by atoms with Crippen molar-refractivity contribution in [2.75, 3.05) is 26.7 Å². The van der Waals surface area contributed by atoms with Gasteiger partial charge in [-0.15, -0.1) is 0 Å². The maximum absolute atomic E-state index is 5.64. The van der Waals surface area contributed by atoms with Crippen LogP contribution in [0, 0.1) is 5.92 Å². The summed E-state index contributed by atoms with van der Waals surface area (Å²) < 4.78 is 10.8. The number of likely N-dealkylation sites (N-methyl/N-ethyl adjacent to an activating group) is 1. The third-order valence-electron chi connectivity index (χ3n) is 2.44. The van der Waals surface area contributed by atoms with Crippen molar-refractivity contribution in [1.29, 1.82) is 0 Å². The number of aromatic nitrogens is 2. The van der Waals surface area contributed by atoms with Crippen molar-refractivity contribution in [1.82, 2.24) is 15.0 Å². The van der Waals surface area contributed by atoms with Crippen LogP contribution in [0.25, 0.3) is 0 Å². The van der Waals surface area contributed by atoms with Gasteiger partial charge in [-0.25, -0.2) is 0 Å². The molecule has 2 N–H and O–H groups in total. The Bertz CT molecular complexity index is 341. The minimum absolute atomic E-state index is 0.135. The Kier molecular flexibility index (Phi) is 6.24. The zero-order valence-corrected chi connectivity index (χ0v) is 11.7. The molecule has 6 nitrogen and oxygen atoms in total. The van der Waals surface area contributed by atoms with Crippen LogP contribution in [0.3, 0.4) is 0 Å². The Morgan fingerprint density at radius 1 is 1.39 bits per heavy atom. The molecular formula is C12H24N4O2. The van der Waals surface area contributed by atoms with E-state index >= 15 is 0 Å². The first kappa shape index (κ1) is 15.1. The number of nitrogens with zero attached hydrogens (tertiary/aromatic N) is 3. The molecule has 0 fully saturated rings. The van der Waals surface area contributed by atoms with Gasteiger partial charge in [-0.3, -0.25) is 4.90 Å². The molecule has 1 atom stereocenters. The van der Waals surface area contributed by atoms with Gasteiger partial charge in [-0.2, -0.15) is 4.98 Å². The molecule has 1 heterocycles. The Morgan fingerprint density at radius 3 is 2.72 bits per heavy atom. The Labute approximate surface area is 108 Å². The minimum Gasteiger partial charge on any atom is -0.370 e. The lowest BCUT2D eigenvalue weighted by Gasteiger charge is -2.12. The third-order valence-corrected chi connectivity index (χ3v) is 2.44. The van der Waals surface area contributed by atoms with E-state index in [1.165, 1.54) is 0 Å². The normalized spacial score (nSPS) is 13.5. The van der Waals surface area contributed by atoms with E-state index in [1.807, 2.05) is 18.9 Å². The predicted octanol–water partition coefficient (Wildman–Crippen LogP) is 1.19. The molecule has 104 valence electrons. The maximum Gasteiger partial charge on any atom is 0.240 e. The van der Waals surface area contributed by atoms with Crippen LogP contribution in [-0.4, -0.2) is 41.8 Å². The molecule has 0 saturated carbocycles. The fourth-order valence-corrected chi connectivity index (χ4v) is 1.44. The SMILES string of the molecule is CC(C)COC(C)c1noc(CN(C)CCN)n1. The summed E-state index contributed by atoms with van der Waals surface area (Å²) in [5.74, 6) is 1.70. The average molecular weight is 256 g/mol. The molecular weight excluding hydrogens is 232 g/mol. The van der Waals surface area contributed by atoms with Crippen molar-refractivity contribution in [3.8, 4) is 0 Å². The molecule has 18 heavy (non-hydrogen) atoms. The minimum atomic E-state index is -0.135. The molecule has 1 rings (SSSR count). The van der Waals surface area contributed by atoms with Crippen LogP contribution in [0.4, 0.5) is 0 Å². The van der Waals surface area contributed by atoms with E-state index in [9.17, 15) is 0 Å². The monoisotopic (exact) mass is 256 g/mol. The molecule has 1 unspecified atom stereocenters. The summed E-state index contributed by atoms with van der Waals surface area (Å²) >= 11 is 0. The van der Waals surface area contributed by atoms with Gasteiger partial charge in [0.1, 0.15) is 6.10 Å². The zero-order valence-electron chi connectivity index (χ0n) is 11.7. The maximum atomic E-state index is 5.64. The molecule has 0 bridgehead atoms. The highest BCUT2D eigenvalue weighted by Crippen LogP contribution is 2.14. The highest BCUT2D eigenvalue weighted by Gasteiger charge is 2.15. The number of ether oxygens (including phenoxy) is 1. The molecule has 0 saturated heterocycles. The lowest BCUT2D eigenvalue weighted by Crippen LogP contribution is -2.25. The molecule has 0 aliphatic rings. The van der Waals surface area contributed by atoms with E-state index in [2.05, 4.69) is 24.0 Å². The quantitative estimate of drug-likeness (QED) is 0.753. The van der Waals surface area contributed by atoms with Gasteiger partial charge >= 0.3 is 0 Å². The first-order valence-electron chi connectivity index (χ1n) is 6.35. The third kappa shape index (κ3) is 5.12. The van der Waals surface area contributed by atoms with Crippen LogP contribution in [0.1, 0.15) is 38.6 Å². The molecule has 1 aromatic heterocycles. The van der Waals surface area contributed by atoms with Gasteiger partial charge in [-0.1, -0.05) is 19.0 Å². The second kappa shape index (κ2) is 7.45. The Balaban J connectivity index is 2.46. The van der Waals surface area contributed by atoms with Crippen LogP contribution >= 0.6 is 0 Å². The number of hydrogen-bond donors (Lipinski definition) is 1. The first-order valence-corrected chi connectivity index (χ1v) is 6.35. The zero-order chi connectivity index (χ0) is 13.5. The van der Waals surface area contributed by atoms with Crippen LogP contribution in [-0.2, 0) is 11.3 Å². The van der Waals surface area contributed by atoms with Crippen LogP contribution in [0.2, 0.25) is 0 Å². The summed E-state index contributed by atoms with van der Waals surface area (Å²) in [6.07, 6.45) is -0.135. The van der Waals surface area contributed by atoms with E-state index in [0.29, 0.717) is 37.3 Å². The highest BCUT2D eigenvalue weighted by molar-refractivity contribution is 4.89. The molecule has 0 amide bonds. The van der Waals surface area contributed by atoms with E-state index < -0.39 is 0 Å². The molecule has 0 radical (unpaired) electrons. The summed E-state index contributed by atoms with van der Waals surface area (Å²) in [6.45, 7) is 8.87. The van der Waals surface area contributed by atoms with E-state index in [4.69, 9.17) is 15.0 Å². The smallest absolute Gasteiger partial charge is 0.240 e. The van der Waals surface area contributed by atoms with Crippen molar-refractivity contribution in [2.45, 2.75) is 33.4 Å². The molecule has 1 aromatic rings. The van der Waals surface area contributed by atoms with Gasteiger partial charge in [0, 0.05) is 19.7 Å². The predicted molar refractivity (Wildman–Crippen MR) is 68.9 cm³/mol. The molecule has 0 aliphatic carbocycles.